The Kier molecular flexibility index (Phi) is 3.72. The first kappa shape index (κ1) is 14.8. The van der Waals surface area contributed by atoms with E-state index in [0.717, 1.165) is 43.0 Å². The van der Waals surface area contributed by atoms with Gasteiger partial charge in [-0.1, -0.05) is 12.6 Å². The van der Waals surface area contributed by atoms with E-state index in [1.165, 1.54) is 5.69 Å². The minimum absolute atomic E-state index is 0.380. The number of hydrogen-bond acceptors (Lipinski definition) is 5. The molecule has 0 amide bonds. The molecule has 1 atom stereocenters. The van der Waals surface area contributed by atoms with Crippen LogP contribution in [-0.4, -0.2) is 42.6 Å². The van der Waals surface area contributed by atoms with Crippen LogP contribution in [0.5, 0.6) is 0 Å². The molecule has 0 radical (unpaired) electrons. The zero-order valence-electron chi connectivity index (χ0n) is 13.8. The van der Waals surface area contributed by atoms with Crippen molar-refractivity contribution < 1.29 is 0 Å². The van der Waals surface area contributed by atoms with Gasteiger partial charge in [-0.05, 0) is 38.0 Å². The molecule has 1 fully saturated rings. The SMILES string of the molecule is C=C(c1ccccn1)N1CCCC(c2cc(C)nc3ncnn23)C1. The van der Waals surface area contributed by atoms with Gasteiger partial charge in [-0.3, -0.25) is 4.98 Å². The van der Waals surface area contributed by atoms with E-state index in [1.54, 1.807) is 6.33 Å². The smallest absolute Gasteiger partial charge is 0.252 e. The minimum atomic E-state index is 0.380. The van der Waals surface area contributed by atoms with E-state index >= 15 is 0 Å². The van der Waals surface area contributed by atoms with Crippen LogP contribution < -0.4 is 0 Å². The Morgan fingerprint density at radius 1 is 1.29 bits per heavy atom. The molecule has 0 bridgehead atoms. The summed E-state index contributed by atoms with van der Waals surface area (Å²) in [4.78, 5) is 15.4. The van der Waals surface area contributed by atoms with Crippen molar-refractivity contribution >= 4 is 11.5 Å². The summed E-state index contributed by atoms with van der Waals surface area (Å²) < 4.78 is 1.87. The van der Waals surface area contributed by atoms with Gasteiger partial charge in [0.15, 0.2) is 0 Å². The summed E-state index contributed by atoms with van der Waals surface area (Å²) in [5, 5.41) is 4.35. The summed E-state index contributed by atoms with van der Waals surface area (Å²) in [6.45, 7) is 8.19. The average molecular weight is 320 g/mol. The van der Waals surface area contributed by atoms with Gasteiger partial charge in [0, 0.05) is 30.9 Å². The van der Waals surface area contributed by atoms with Gasteiger partial charge in [-0.2, -0.15) is 10.1 Å². The molecular formula is C18H20N6. The van der Waals surface area contributed by atoms with Crippen LogP contribution >= 0.6 is 0 Å². The zero-order chi connectivity index (χ0) is 16.5. The van der Waals surface area contributed by atoms with Crippen LogP contribution in [0.4, 0.5) is 0 Å². The van der Waals surface area contributed by atoms with Gasteiger partial charge < -0.3 is 4.90 Å². The molecule has 4 heterocycles. The van der Waals surface area contributed by atoms with E-state index in [4.69, 9.17) is 0 Å². The second-order valence-corrected chi connectivity index (χ2v) is 6.24. The largest absolute Gasteiger partial charge is 0.370 e. The summed E-state index contributed by atoms with van der Waals surface area (Å²) in [5.41, 5.74) is 4.08. The highest BCUT2D eigenvalue weighted by molar-refractivity contribution is 5.58. The summed E-state index contributed by atoms with van der Waals surface area (Å²) in [7, 11) is 0. The van der Waals surface area contributed by atoms with Gasteiger partial charge in [0.25, 0.3) is 5.78 Å². The fourth-order valence-electron chi connectivity index (χ4n) is 3.41. The first-order valence-corrected chi connectivity index (χ1v) is 8.25. The lowest BCUT2D eigenvalue weighted by Crippen LogP contribution is -2.34. The molecule has 0 saturated carbocycles. The third-order valence-electron chi connectivity index (χ3n) is 4.59. The summed E-state index contributed by atoms with van der Waals surface area (Å²) in [5.74, 6) is 1.05. The fraction of sp³-hybridized carbons (Fsp3) is 0.333. The van der Waals surface area contributed by atoms with Crippen molar-refractivity contribution in [2.24, 2.45) is 0 Å². The number of hydrogen-bond donors (Lipinski definition) is 0. The summed E-state index contributed by atoms with van der Waals surface area (Å²) in [6.07, 6.45) is 5.63. The molecule has 0 aliphatic carbocycles. The standard InChI is InChI=1S/C18H20N6/c1-13-10-17(24-18(22-13)20-12-21-24)15-6-5-9-23(11-15)14(2)16-7-3-4-8-19-16/h3-4,7-8,10,12,15H,2,5-6,9,11H2,1H3. The summed E-state index contributed by atoms with van der Waals surface area (Å²) >= 11 is 0. The lowest BCUT2D eigenvalue weighted by Gasteiger charge is -2.35. The number of likely N-dealkylation sites (tertiary alicyclic amines) is 1. The van der Waals surface area contributed by atoms with E-state index in [-0.39, 0.29) is 0 Å². The van der Waals surface area contributed by atoms with Crippen LogP contribution in [0.25, 0.3) is 11.5 Å². The molecule has 0 spiro atoms. The highest BCUT2D eigenvalue weighted by Gasteiger charge is 2.25. The predicted molar refractivity (Wildman–Crippen MR) is 92.3 cm³/mol. The molecule has 0 N–H and O–H groups in total. The summed E-state index contributed by atoms with van der Waals surface area (Å²) in [6, 6.07) is 8.06. The van der Waals surface area contributed by atoms with Crippen molar-refractivity contribution in [1.82, 2.24) is 29.5 Å². The Balaban J connectivity index is 1.63. The molecule has 1 unspecified atom stereocenters. The van der Waals surface area contributed by atoms with Crippen molar-refractivity contribution in [3.05, 3.63) is 60.5 Å². The Morgan fingerprint density at radius 3 is 3.04 bits per heavy atom. The van der Waals surface area contributed by atoms with Crippen LogP contribution in [0, 0.1) is 6.92 Å². The molecule has 6 heteroatoms. The van der Waals surface area contributed by atoms with Gasteiger partial charge in [-0.25, -0.2) is 9.50 Å². The number of nitrogens with zero attached hydrogens (tertiary/aromatic N) is 6. The van der Waals surface area contributed by atoms with E-state index in [9.17, 15) is 0 Å². The molecule has 122 valence electrons. The lowest BCUT2D eigenvalue weighted by molar-refractivity contribution is 0.289. The van der Waals surface area contributed by atoms with Crippen LogP contribution in [0.2, 0.25) is 0 Å². The normalized spacial score (nSPS) is 18.0. The number of fused-ring (bicyclic) bond motifs is 1. The van der Waals surface area contributed by atoms with Crippen LogP contribution in [0.15, 0.2) is 43.4 Å². The van der Waals surface area contributed by atoms with Crippen molar-refractivity contribution in [3.63, 3.8) is 0 Å². The van der Waals surface area contributed by atoms with Gasteiger partial charge in [0.05, 0.1) is 17.1 Å². The van der Waals surface area contributed by atoms with Crippen molar-refractivity contribution in [2.45, 2.75) is 25.7 Å². The highest BCUT2D eigenvalue weighted by atomic mass is 15.3. The molecular weight excluding hydrogens is 300 g/mol. The lowest BCUT2D eigenvalue weighted by atomic mass is 9.93. The van der Waals surface area contributed by atoms with E-state index in [2.05, 4.69) is 37.6 Å². The monoisotopic (exact) mass is 320 g/mol. The van der Waals surface area contributed by atoms with Crippen molar-refractivity contribution in [3.8, 4) is 0 Å². The molecule has 24 heavy (non-hydrogen) atoms. The van der Waals surface area contributed by atoms with Crippen molar-refractivity contribution in [2.75, 3.05) is 13.1 Å². The quantitative estimate of drug-likeness (QED) is 0.742. The Bertz CT molecular complexity index is 870. The maximum atomic E-state index is 4.44. The van der Waals surface area contributed by atoms with Crippen LogP contribution in [0.3, 0.4) is 0 Å². The topological polar surface area (TPSA) is 59.2 Å². The molecule has 1 aliphatic rings. The van der Waals surface area contributed by atoms with E-state index in [1.807, 2.05) is 35.8 Å². The van der Waals surface area contributed by atoms with Gasteiger partial charge >= 0.3 is 0 Å². The van der Waals surface area contributed by atoms with E-state index in [0.29, 0.717) is 11.7 Å². The molecule has 3 aromatic heterocycles. The maximum Gasteiger partial charge on any atom is 0.252 e. The molecule has 1 aliphatic heterocycles. The third-order valence-corrected chi connectivity index (χ3v) is 4.59. The Labute approximate surface area is 140 Å². The number of aromatic nitrogens is 5. The van der Waals surface area contributed by atoms with Gasteiger partial charge in [0.2, 0.25) is 0 Å². The first-order valence-electron chi connectivity index (χ1n) is 8.25. The first-order chi connectivity index (χ1) is 11.7. The van der Waals surface area contributed by atoms with Crippen molar-refractivity contribution in [1.29, 1.82) is 0 Å². The fourth-order valence-corrected chi connectivity index (χ4v) is 3.41. The number of aryl methyl sites for hydroxylation is 1. The highest BCUT2D eigenvalue weighted by Crippen LogP contribution is 2.30. The maximum absolute atomic E-state index is 4.44. The number of piperidine rings is 1. The molecule has 4 rings (SSSR count). The predicted octanol–water partition coefficient (Wildman–Crippen LogP) is 2.68. The van der Waals surface area contributed by atoms with Crippen LogP contribution in [0.1, 0.15) is 35.8 Å². The van der Waals surface area contributed by atoms with Gasteiger partial charge in [-0.15, -0.1) is 0 Å². The number of pyridine rings is 1. The average Bonchev–Trinajstić information content (AvgIpc) is 3.09. The molecule has 1 saturated heterocycles. The van der Waals surface area contributed by atoms with E-state index < -0.39 is 0 Å². The minimum Gasteiger partial charge on any atom is -0.370 e. The Morgan fingerprint density at radius 2 is 2.21 bits per heavy atom. The molecule has 6 nitrogen and oxygen atoms in total. The molecule has 3 aromatic rings. The second-order valence-electron chi connectivity index (χ2n) is 6.24. The Hall–Kier alpha value is -2.76. The molecule has 0 aromatic carbocycles. The van der Waals surface area contributed by atoms with Gasteiger partial charge in [0.1, 0.15) is 6.33 Å². The third kappa shape index (κ3) is 2.64. The number of rotatable bonds is 3. The zero-order valence-corrected chi connectivity index (χ0v) is 13.8. The van der Waals surface area contributed by atoms with Crippen LogP contribution in [-0.2, 0) is 0 Å². The second kappa shape index (κ2) is 6.03.